The molecule has 1 aliphatic rings. The second-order valence-electron chi connectivity index (χ2n) is 4.08. The van der Waals surface area contributed by atoms with Crippen molar-refractivity contribution in [3.63, 3.8) is 0 Å². The highest BCUT2D eigenvalue weighted by Gasteiger charge is 2.30. The maximum Gasteiger partial charge on any atom is 0.252 e. The van der Waals surface area contributed by atoms with E-state index in [9.17, 15) is 8.42 Å². The molecule has 2 heterocycles. The number of hydrogen-bond donors (Lipinski definition) is 1. The van der Waals surface area contributed by atoms with Crippen molar-refractivity contribution in [3.05, 3.63) is 16.5 Å². The molecular weight excluding hydrogens is 280 g/mol. The lowest BCUT2D eigenvalue weighted by Gasteiger charge is -2.25. The van der Waals surface area contributed by atoms with Crippen molar-refractivity contribution in [2.45, 2.75) is 23.6 Å². The Morgan fingerprint density at radius 2 is 2.29 bits per heavy atom. The van der Waals surface area contributed by atoms with Crippen molar-refractivity contribution in [3.8, 4) is 0 Å². The Morgan fingerprint density at radius 3 is 2.94 bits per heavy atom. The molecule has 0 spiro atoms. The Balaban J connectivity index is 2.30. The molecule has 1 unspecified atom stereocenters. The van der Waals surface area contributed by atoms with E-state index in [4.69, 9.17) is 11.6 Å². The van der Waals surface area contributed by atoms with Gasteiger partial charge in [-0.3, -0.25) is 0 Å². The zero-order chi connectivity index (χ0) is 12.5. The van der Waals surface area contributed by atoms with Crippen molar-refractivity contribution in [1.29, 1.82) is 0 Å². The fourth-order valence-electron chi connectivity index (χ4n) is 1.90. The molecule has 0 amide bonds. The van der Waals surface area contributed by atoms with Gasteiger partial charge in [-0.05, 0) is 32.0 Å². The molecule has 7 heteroatoms. The first-order chi connectivity index (χ1) is 8.01. The molecule has 1 aromatic heterocycles. The van der Waals surface area contributed by atoms with Crippen LogP contribution in [0.2, 0.25) is 4.34 Å². The van der Waals surface area contributed by atoms with Gasteiger partial charge in [0.15, 0.2) is 0 Å². The fraction of sp³-hybridized carbons (Fsp3) is 0.600. The summed E-state index contributed by atoms with van der Waals surface area (Å²) < 4.78 is 27.2. The van der Waals surface area contributed by atoms with E-state index in [-0.39, 0.29) is 6.04 Å². The third-order valence-corrected chi connectivity index (χ3v) is 6.49. The van der Waals surface area contributed by atoms with Crippen molar-refractivity contribution < 1.29 is 8.42 Å². The van der Waals surface area contributed by atoms with Crippen LogP contribution < -0.4 is 5.32 Å². The first-order valence-electron chi connectivity index (χ1n) is 5.50. The van der Waals surface area contributed by atoms with Crippen molar-refractivity contribution in [2.24, 2.45) is 0 Å². The minimum absolute atomic E-state index is 0.0247. The Kier molecular flexibility index (Phi) is 4.10. The molecule has 1 saturated heterocycles. The van der Waals surface area contributed by atoms with Crippen LogP contribution >= 0.6 is 22.9 Å². The van der Waals surface area contributed by atoms with Crippen LogP contribution in [0, 0.1) is 0 Å². The average molecular weight is 295 g/mol. The molecule has 2 rings (SSSR count). The summed E-state index contributed by atoms with van der Waals surface area (Å²) in [5.41, 5.74) is 0. The van der Waals surface area contributed by atoms with Crippen LogP contribution in [-0.2, 0) is 10.0 Å². The third kappa shape index (κ3) is 2.82. The van der Waals surface area contributed by atoms with Crippen LogP contribution in [0.15, 0.2) is 16.3 Å². The molecular formula is C10H15ClN2O2S2. The fourth-order valence-corrected chi connectivity index (χ4v) is 5.18. The zero-order valence-corrected chi connectivity index (χ0v) is 11.9. The van der Waals surface area contributed by atoms with E-state index in [2.05, 4.69) is 5.32 Å². The lowest BCUT2D eigenvalue weighted by Crippen LogP contribution is -2.41. The molecule has 96 valence electrons. The van der Waals surface area contributed by atoms with Gasteiger partial charge in [0.2, 0.25) is 0 Å². The number of hydrogen-bond acceptors (Lipinski definition) is 4. The second kappa shape index (κ2) is 5.24. The van der Waals surface area contributed by atoms with Crippen molar-refractivity contribution in [1.82, 2.24) is 9.62 Å². The van der Waals surface area contributed by atoms with E-state index < -0.39 is 10.0 Å². The topological polar surface area (TPSA) is 49.4 Å². The van der Waals surface area contributed by atoms with E-state index in [1.165, 1.54) is 0 Å². The first kappa shape index (κ1) is 13.3. The van der Waals surface area contributed by atoms with Crippen LogP contribution in [0.1, 0.15) is 13.3 Å². The summed E-state index contributed by atoms with van der Waals surface area (Å²) in [4.78, 5) is 0. The monoisotopic (exact) mass is 294 g/mol. The molecule has 0 saturated carbocycles. The van der Waals surface area contributed by atoms with Gasteiger partial charge in [-0.15, -0.1) is 11.3 Å². The minimum Gasteiger partial charge on any atom is -0.315 e. The highest BCUT2D eigenvalue weighted by atomic mass is 35.5. The predicted octanol–water partition coefficient (Wildman–Crippen LogP) is 1.77. The molecule has 1 fully saturated rings. The highest BCUT2D eigenvalue weighted by molar-refractivity contribution is 7.91. The lowest BCUT2D eigenvalue weighted by atomic mass is 10.3. The van der Waals surface area contributed by atoms with E-state index in [0.29, 0.717) is 21.6 Å². The standard InChI is InChI=1S/C10H15ClN2O2S2/c1-8-7-12-5-2-6-13(8)17(14,15)10-4-3-9(11)16-10/h3-4,8,12H,2,5-7H2,1H3. The Labute approximate surface area is 111 Å². The Bertz CT molecular complexity index is 486. The maximum atomic E-state index is 12.4. The summed E-state index contributed by atoms with van der Waals surface area (Å²) in [5.74, 6) is 0. The third-order valence-electron chi connectivity index (χ3n) is 2.77. The summed E-state index contributed by atoms with van der Waals surface area (Å²) in [6.45, 7) is 4.04. The summed E-state index contributed by atoms with van der Waals surface area (Å²) in [6.07, 6.45) is 0.836. The van der Waals surface area contributed by atoms with Crippen LogP contribution in [0.25, 0.3) is 0 Å². The Morgan fingerprint density at radius 1 is 1.53 bits per heavy atom. The Hall–Kier alpha value is -0.140. The van der Waals surface area contributed by atoms with Gasteiger partial charge in [0, 0.05) is 19.1 Å². The van der Waals surface area contributed by atoms with Gasteiger partial charge in [0.1, 0.15) is 4.21 Å². The van der Waals surface area contributed by atoms with E-state index >= 15 is 0 Å². The molecule has 0 bridgehead atoms. The highest BCUT2D eigenvalue weighted by Crippen LogP contribution is 2.29. The van der Waals surface area contributed by atoms with Crippen molar-refractivity contribution >= 4 is 33.0 Å². The summed E-state index contributed by atoms with van der Waals surface area (Å²) in [7, 11) is -3.39. The number of thiophene rings is 1. The van der Waals surface area contributed by atoms with E-state index in [0.717, 1.165) is 24.3 Å². The zero-order valence-electron chi connectivity index (χ0n) is 9.52. The van der Waals surface area contributed by atoms with Gasteiger partial charge in [0.05, 0.1) is 4.34 Å². The van der Waals surface area contributed by atoms with E-state index in [1.54, 1.807) is 16.4 Å². The van der Waals surface area contributed by atoms with Gasteiger partial charge in [-0.1, -0.05) is 11.6 Å². The number of halogens is 1. The molecule has 0 aliphatic carbocycles. The van der Waals surface area contributed by atoms with Gasteiger partial charge < -0.3 is 5.32 Å². The largest absolute Gasteiger partial charge is 0.315 e. The second-order valence-corrected chi connectivity index (χ2v) is 7.91. The molecule has 1 atom stereocenters. The summed E-state index contributed by atoms with van der Waals surface area (Å²) in [5, 5.41) is 3.23. The molecule has 1 N–H and O–H groups in total. The van der Waals surface area contributed by atoms with Crippen LogP contribution in [0.4, 0.5) is 0 Å². The molecule has 17 heavy (non-hydrogen) atoms. The predicted molar refractivity (Wildman–Crippen MR) is 70.2 cm³/mol. The van der Waals surface area contributed by atoms with E-state index in [1.807, 2.05) is 6.92 Å². The number of rotatable bonds is 2. The molecule has 0 aromatic carbocycles. The summed E-state index contributed by atoms with van der Waals surface area (Å²) in [6, 6.07) is 3.18. The van der Waals surface area contributed by atoms with Crippen LogP contribution in [-0.4, -0.2) is 38.4 Å². The van der Waals surface area contributed by atoms with Gasteiger partial charge in [-0.25, -0.2) is 8.42 Å². The first-order valence-corrected chi connectivity index (χ1v) is 8.13. The maximum absolute atomic E-state index is 12.4. The number of nitrogens with one attached hydrogen (secondary N) is 1. The molecule has 1 aromatic rings. The van der Waals surface area contributed by atoms with Gasteiger partial charge in [-0.2, -0.15) is 4.31 Å². The number of sulfonamides is 1. The van der Waals surface area contributed by atoms with Crippen molar-refractivity contribution in [2.75, 3.05) is 19.6 Å². The summed E-state index contributed by atoms with van der Waals surface area (Å²) >= 11 is 6.91. The molecule has 4 nitrogen and oxygen atoms in total. The lowest BCUT2D eigenvalue weighted by molar-refractivity contribution is 0.354. The SMILES string of the molecule is CC1CNCCCN1S(=O)(=O)c1ccc(Cl)s1. The normalized spacial score (nSPS) is 23.5. The molecule has 0 radical (unpaired) electrons. The van der Waals surface area contributed by atoms with Gasteiger partial charge >= 0.3 is 0 Å². The molecule has 1 aliphatic heterocycles. The smallest absolute Gasteiger partial charge is 0.252 e. The average Bonchev–Trinajstić information content (AvgIpc) is 2.58. The van der Waals surface area contributed by atoms with Crippen LogP contribution in [0.3, 0.4) is 0 Å². The quantitative estimate of drug-likeness (QED) is 0.904. The van der Waals surface area contributed by atoms with Gasteiger partial charge in [0.25, 0.3) is 10.0 Å². The minimum atomic E-state index is -3.39. The number of nitrogens with zero attached hydrogens (tertiary/aromatic N) is 1. The van der Waals surface area contributed by atoms with Crippen LogP contribution in [0.5, 0.6) is 0 Å².